The summed E-state index contributed by atoms with van der Waals surface area (Å²) in [6, 6.07) is 3.96. The lowest BCUT2D eigenvalue weighted by Crippen LogP contribution is -2.69. The molecule has 1 saturated heterocycles. The Morgan fingerprint density at radius 1 is 1.12 bits per heavy atom. The molecule has 3 fully saturated rings. The minimum absolute atomic E-state index is 0.0713. The van der Waals surface area contributed by atoms with Gasteiger partial charge in [-0.3, -0.25) is 24.3 Å². The molecule has 1 aliphatic heterocycles. The topological polar surface area (TPSA) is 110 Å². The van der Waals surface area contributed by atoms with E-state index < -0.39 is 11.4 Å². The molecular weight excluding hydrogens is 442 g/mol. The van der Waals surface area contributed by atoms with Gasteiger partial charge in [0.2, 0.25) is 17.6 Å². The van der Waals surface area contributed by atoms with Crippen LogP contribution >= 0.6 is 11.8 Å². The molecule has 2 aromatic rings. The predicted octanol–water partition coefficient (Wildman–Crippen LogP) is 3.32. The molecular formula is C23H29N5O4S. The summed E-state index contributed by atoms with van der Waals surface area (Å²) in [5.41, 5.74) is -0.903. The predicted molar refractivity (Wildman–Crippen MR) is 121 cm³/mol. The summed E-state index contributed by atoms with van der Waals surface area (Å²) in [6.45, 7) is -0.0713. The lowest BCUT2D eigenvalue weighted by Gasteiger charge is -2.47. The van der Waals surface area contributed by atoms with E-state index in [-0.39, 0.29) is 30.2 Å². The standard InChI is InChI=1S/C23H29N5O4S/c29-18-14-27(23(21(31)24-18)11-5-2-6-12-23)19(30)15-33-22-26-25-20(17-10-7-13-32-17)28(22)16-8-3-1-4-9-16/h7,10,13,16H,1-6,8-9,11-12,14-15H2,(H,24,29,31). The molecule has 0 unspecified atom stereocenters. The van der Waals surface area contributed by atoms with Gasteiger partial charge in [0.25, 0.3) is 5.91 Å². The molecule has 0 aromatic carbocycles. The highest BCUT2D eigenvalue weighted by molar-refractivity contribution is 7.99. The van der Waals surface area contributed by atoms with Gasteiger partial charge in [0.1, 0.15) is 12.1 Å². The molecule has 176 valence electrons. The highest BCUT2D eigenvalue weighted by Crippen LogP contribution is 2.38. The molecule has 1 spiro atoms. The SMILES string of the molecule is O=C1CN(C(=O)CSc2nnc(-c3ccco3)n2C2CCCCC2)C2(CCCCC2)C(=O)N1. The number of nitrogens with one attached hydrogen (secondary N) is 1. The molecule has 2 aliphatic carbocycles. The van der Waals surface area contributed by atoms with Gasteiger partial charge in [0.15, 0.2) is 10.9 Å². The Kier molecular flexibility index (Phi) is 6.27. The van der Waals surface area contributed by atoms with Gasteiger partial charge in [0, 0.05) is 6.04 Å². The minimum atomic E-state index is -0.903. The number of piperazine rings is 1. The van der Waals surface area contributed by atoms with E-state index in [2.05, 4.69) is 20.1 Å². The van der Waals surface area contributed by atoms with E-state index in [0.29, 0.717) is 29.6 Å². The highest BCUT2D eigenvalue weighted by atomic mass is 32.2. The van der Waals surface area contributed by atoms with Crippen molar-refractivity contribution in [2.24, 2.45) is 0 Å². The normalized spacial score (nSPS) is 21.4. The summed E-state index contributed by atoms with van der Waals surface area (Å²) in [5, 5.41) is 11.9. The number of carbonyl (C=O) groups is 3. The van der Waals surface area contributed by atoms with Crippen LogP contribution in [0.3, 0.4) is 0 Å². The number of amides is 3. The van der Waals surface area contributed by atoms with Crippen molar-refractivity contribution in [3.8, 4) is 11.6 Å². The van der Waals surface area contributed by atoms with Crippen LogP contribution < -0.4 is 5.32 Å². The van der Waals surface area contributed by atoms with E-state index in [1.165, 1.54) is 23.1 Å². The van der Waals surface area contributed by atoms with Gasteiger partial charge in [-0.1, -0.05) is 50.3 Å². The van der Waals surface area contributed by atoms with E-state index in [4.69, 9.17) is 4.42 Å². The van der Waals surface area contributed by atoms with E-state index in [1.807, 2.05) is 12.1 Å². The molecule has 2 aromatic heterocycles. The number of carbonyl (C=O) groups excluding carboxylic acids is 3. The number of imide groups is 1. The van der Waals surface area contributed by atoms with Crippen molar-refractivity contribution in [1.82, 2.24) is 25.0 Å². The van der Waals surface area contributed by atoms with Crippen molar-refractivity contribution in [3.05, 3.63) is 18.4 Å². The summed E-state index contributed by atoms with van der Waals surface area (Å²) in [5.74, 6) is 0.486. The molecule has 0 radical (unpaired) electrons. The molecule has 10 heteroatoms. The van der Waals surface area contributed by atoms with E-state index in [0.717, 1.165) is 44.9 Å². The smallest absolute Gasteiger partial charge is 0.252 e. The van der Waals surface area contributed by atoms with Crippen molar-refractivity contribution in [1.29, 1.82) is 0 Å². The zero-order valence-corrected chi connectivity index (χ0v) is 19.4. The third kappa shape index (κ3) is 4.20. The number of nitrogens with zero attached hydrogens (tertiary/aromatic N) is 4. The van der Waals surface area contributed by atoms with Crippen LogP contribution in [0.25, 0.3) is 11.6 Å². The van der Waals surface area contributed by atoms with Crippen molar-refractivity contribution < 1.29 is 18.8 Å². The van der Waals surface area contributed by atoms with E-state index in [9.17, 15) is 14.4 Å². The number of furan rings is 1. The molecule has 2 saturated carbocycles. The maximum atomic E-state index is 13.4. The van der Waals surface area contributed by atoms with Gasteiger partial charge in [-0.15, -0.1) is 10.2 Å². The second-order valence-corrected chi connectivity index (χ2v) is 10.1. The summed E-state index contributed by atoms with van der Waals surface area (Å²) < 4.78 is 7.71. The molecule has 0 atom stereocenters. The van der Waals surface area contributed by atoms with Gasteiger partial charge >= 0.3 is 0 Å². The Morgan fingerprint density at radius 3 is 2.61 bits per heavy atom. The van der Waals surface area contributed by atoms with Crippen LogP contribution in [0.2, 0.25) is 0 Å². The van der Waals surface area contributed by atoms with Crippen LogP contribution in [0.15, 0.2) is 28.0 Å². The Morgan fingerprint density at radius 2 is 1.88 bits per heavy atom. The number of aromatic nitrogens is 3. The van der Waals surface area contributed by atoms with Crippen LogP contribution in [0.4, 0.5) is 0 Å². The van der Waals surface area contributed by atoms with Crippen molar-refractivity contribution in [2.75, 3.05) is 12.3 Å². The average molecular weight is 472 g/mol. The fourth-order valence-corrected chi connectivity index (χ4v) is 6.36. The van der Waals surface area contributed by atoms with Crippen molar-refractivity contribution in [3.63, 3.8) is 0 Å². The van der Waals surface area contributed by atoms with Gasteiger partial charge in [0.05, 0.1) is 12.0 Å². The first-order chi connectivity index (χ1) is 16.1. The fourth-order valence-electron chi connectivity index (χ4n) is 5.48. The molecule has 3 heterocycles. The van der Waals surface area contributed by atoms with E-state index >= 15 is 0 Å². The Labute approximate surface area is 196 Å². The van der Waals surface area contributed by atoms with Gasteiger partial charge in [-0.25, -0.2) is 0 Å². The third-order valence-corrected chi connectivity index (χ3v) is 8.07. The average Bonchev–Trinajstić information content (AvgIpc) is 3.51. The lowest BCUT2D eigenvalue weighted by molar-refractivity contribution is -0.158. The van der Waals surface area contributed by atoms with Crippen molar-refractivity contribution >= 4 is 29.5 Å². The summed E-state index contributed by atoms with van der Waals surface area (Å²) >= 11 is 1.32. The van der Waals surface area contributed by atoms with Crippen LogP contribution in [0, 0.1) is 0 Å². The molecule has 1 N–H and O–H groups in total. The van der Waals surface area contributed by atoms with Crippen molar-refractivity contribution in [2.45, 2.75) is 80.9 Å². The summed E-state index contributed by atoms with van der Waals surface area (Å²) in [7, 11) is 0. The molecule has 0 bridgehead atoms. The lowest BCUT2D eigenvalue weighted by atomic mass is 9.78. The van der Waals surface area contributed by atoms with Crippen LogP contribution in [-0.2, 0) is 14.4 Å². The molecule has 5 rings (SSSR count). The van der Waals surface area contributed by atoms with Gasteiger partial charge in [-0.2, -0.15) is 0 Å². The van der Waals surface area contributed by atoms with Gasteiger partial charge in [-0.05, 0) is 37.8 Å². The minimum Gasteiger partial charge on any atom is -0.461 e. The van der Waals surface area contributed by atoms with Crippen LogP contribution in [-0.4, -0.2) is 55.2 Å². The fraction of sp³-hybridized carbons (Fsp3) is 0.609. The highest BCUT2D eigenvalue weighted by Gasteiger charge is 2.50. The largest absolute Gasteiger partial charge is 0.461 e. The first kappa shape index (κ1) is 22.2. The first-order valence-corrected chi connectivity index (χ1v) is 12.8. The summed E-state index contributed by atoms with van der Waals surface area (Å²) in [4.78, 5) is 39.8. The molecule has 9 nitrogen and oxygen atoms in total. The molecule has 3 aliphatic rings. The van der Waals surface area contributed by atoms with Crippen LogP contribution in [0.5, 0.6) is 0 Å². The number of hydrogen-bond acceptors (Lipinski definition) is 7. The Hall–Kier alpha value is -2.62. The molecule has 3 amide bonds. The van der Waals surface area contributed by atoms with Crippen LogP contribution in [0.1, 0.15) is 70.3 Å². The number of hydrogen-bond donors (Lipinski definition) is 1. The second-order valence-electron chi connectivity index (χ2n) is 9.18. The first-order valence-electron chi connectivity index (χ1n) is 11.8. The Balaban J connectivity index is 1.38. The maximum Gasteiger partial charge on any atom is 0.252 e. The summed E-state index contributed by atoms with van der Waals surface area (Å²) in [6.07, 6.45) is 11.2. The number of rotatable bonds is 5. The monoisotopic (exact) mass is 471 g/mol. The Bertz CT molecular complexity index is 1020. The zero-order chi connectivity index (χ0) is 22.8. The zero-order valence-electron chi connectivity index (χ0n) is 18.6. The van der Waals surface area contributed by atoms with Gasteiger partial charge < -0.3 is 9.32 Å². The number of thioether (sulfide) groups is 1. The molecule has 33 heavy (non-hydrogen) atoms. The van der Waals surface area contributed by atoms with E-state index in [1.54, 1.807) is 6.26 Å². The quantitative estimate of drug-likeness (QED) is 0.526. The maximum absolute atomic E-state index is 13.4. The third-order valence-electron chi connectivity index (χ3n) is 7.15. The second kappa shape index (κ2) is 9.32.